The van der Waals surface area contributed by atoms with E-state index in [2.05, 4.69) is 171 Å². The van der Waals surface area contributed by atoms with E-state index in [1.807, 2.05) is 0 Å². The van der Waals surface area contributed by atoms with E-state index in [0.717, 1.165) is 29.4 Å². The number of rotatable bonds is 3. The Labute approximate surface area is 253 Å². The number of ether oxygens (including phenoxy) is 1. The second-order valence-corrected chi connectivity index (χ2v) is 13.2. The zero-order valence-electron chi connectivity index (χ0n) is 14.8. The molecule has 0 radical (unpaired) electrons. The maximum atomic E-state index is 12.6. The van der Waals surface area contributed by atoms with Gasteiger partial charge in [-0.05, 0) is 196 Å². The Kier molecular flexibility index (Phi) is 9.18. The van der Waals surface area contributed by atoms with Crippen LogP contribution in [0, 0.1) is 28.3 Å². The van der Waals surface area contributed by atoms with Crippen LogP contribution in [0.5, 0.6) is 5.75 Å². The maximum Gasteiger partial charge on any atom is 0.573 e. The summed E-state index contributed by atoms with van der Waals surface area (Å²) in [4.78, 5) is 0. The van der Waals surface area contributed by atoms with Crippen molar-refractivity contribution in [3.8, 4) is 28.0 Å². The average molecular weight is 1080 g/mol. The average Bonchev–Trinajstić information content (AvgIpc) is 2.56. The summed E-state index contributed by atoms with van der Waals surface area (Å²) < 4.78 is 47.9. The molecule has 0 saturated carbocycles. The third-order valence-electron chi connectivity index (χ3n) is 4.15. The fraction of sp³-hybridized carbons (Fsp3) is 0.100. The molecule has 3 rings (SSSR count). The highest BCUT2D eigenvalue weighted by atomic mass is 127. The summed E-state index contributed by atoms with van der Waals surface area (Å²) in [5.41, 5.74) is 5.47. The van der Waals surface area contributed by atoms with Gasteiger partial charge >= 0.3 is 6.36 Å². The smallest absolute Gasteiger partial charge is 0.406 e. The molecule has 0 saturated heterocycles. The molecule has 0 unspecified atom stereocenters. The Hall–Kier alpha value is 1.63. The monoisotopic (exact) mass is 1080 g/mol. The third kappa shape index (κ3) is 6.19. The van der Waals surface area contributed by atoms with Gasteiger partial charge in [-0.1, -0.05) is 0 Å². The zero-order valence-corrected chi connectivity index (χ0v) is 27.7. The van der Waals surface area contributed by atoms with E-state index in [9.17, 15) is 13.2 Å². The molecule has 30 heavy (non-hydrogen) atoms. The van der Waals surface area contributed by atoms with Crippen molar-refractivity contribution in [3.63, 3.8) is 0 Å². The van der Waals surface area contributed by atoms with Crippen molar-refractivity contribution in [1.29, 1.82) is 0 Å². The van der Waals surface area contributed by atoms with E-state index in [1.165, 1.54) is 24.8 Å². The fourth-order valence-corrected chi connectivity index (χ4v) is 9.29. The quantitative estimate of drug-likeness (QED) is 0.238. The first-order valence-electron chi connectivity index (χ1n) is 8.07. The van der Waals surface area contributed by atoms with Crippen LogP contribution in [0.4, 0.5) is 13.2 Å². The highest BCUT2D eigenvalue weighted by Gasteiger charge is 2.31. The molecule has 0 aromatic heterocycles. The van der Waals surface area contributed by atoms with Crippen LogP contribution in [-0.2, 0) is 0 Å². The molecule has 0 aliphatic rings. The SMILES string of the molecule is Cc1c(I)cc(-c2c(I)cc(-c3c(I)cc(OC(F)(F)F)cc3I)cc2I)cc1I. The van der Waals surface area contributed by atoms with Gasteiger partial charge in [-0.2, -0.15) is 0 Å². The molecule has 0 bridgehead atoms. The van der Waals surface area contributed by atoms with Crippen LogP contribution >= 0.6 is 136 Å². The van der Waals surface area contributed by atoms with Gasteiger partial charge in [0.15, 0.2) is 0 Å². The summed E-state index contributed by atoms with van der Waals surface area (Å²) in [7, 11) is 0. The van der Waals surface area contributed by atoms with Crippen LogP contribution in [0.2, 0.25) is 0 Å². The minimum Gasteiger partial charge on any atom is -0.406 e. The van der Waals surface area contributed by atoms with E-state index in [4.69, 9.17) is 0 Å². The molecule has 0 atom stereocenters. The normalized spacial score (nSPS) is 11.7. The van der Waals surface area contributed by atoms with Crippen molar-refractivity contribution in [1.82, 2.24) is 0 Å². The number of halogens is 9. The lowest BCUT2D eigenvalue weighted by Gasteiger charge is -2.16. The first-order chi connectivity index (χ1) is 13.9. The Balaban J connectivity index is 2.10. The Morgan fingerprint density at radius 3 is 1.30 bits per heavy atom. The fourth-order valence-electron chi connectivity index (χ4n) is 2.80. The molecule has 1 nitrogen and oxygen atoms in total. The Bertz CT molecular complexity index is 1070. The van der Waals surface area contributed by atoms with Gasteiger partial charge in [0.05, 0.1) is 0 Å². The van der Waals surface area contributed by atoms with Gasteiger partial charge in [0, 0.05) is 32.5 Å². The third-order valence-corrected chi connectivity index (χ3v) is 9.79. The number of benzene rings is 3. The minimum absolute atomic E-state index is 0.204. The Morgan fingerprint density at radius 2 is 0.933 bits per heavy atom. The van der Waals surface area contributed by atoms with Crippen LogP contribution in [0.15, 0.2) is 36.4 Å². The van der Waals surface area contributed by atoms with Gasteiger partial charge in [0.25, 0.3) is 0 Å². The lowest BCUT2D eigenvalue weighted by Crippen LogP contribution is -2.17. The molecule has 0 aliphatic heterocycles. The lowest BCUT2D eigenvalue weighted by molar-refractivity contribution is -0.274. The van der Waals surface area contributed by atoms with Crippen molar-refractivity contribution >= 4 is 136 Å². The van der Waals surface area contributed by atoms with Crippen LogP contribution in [0.3, 0.4) is 0 Å². The molecule has 158 valence electrons. The van der Waals surface area contributed by atoms with Crippen molar-refractivity contribution in [3.05, 3.63) is 63.4 Å². The van der Waals surface area contributed by atoms with Gasteiger partial charge in [-0.15, -0.1) is 13.2 Å². The van der Waals surface area contributed by atoms with Crippen LogP contribution in [0.1, 0.15) is 5.56 Å². The van der Waals surface area contributed by atoms with Gasteiger partial charge < -0.3 is 4.74 Å². The second-order valence-electron chi connectivity index (χ2n) is 6.19. The van der Waals surface area contributed by atoms with Crippen molar-refractivity contribution in [2.24, 2.45) is 0 Å². The van der Waals surface area contributed by atoms with Crippen LogP contribution in [-0.4, -0.2) is 6.36 Å². The first kappa shape index (κ1) is 26.2. The molecule has 3 aromatic carbocycles. The predicted octanol–water partition coefficient (Wildman–Crippen LogP) is 9.86. The van der Waals surface area contributed by atoms with Gasteiger partial charge in [0.1, 0.15) is 5.75 Å². The number of alkyl halides is 3. The molecule has 0 amide bonds. The van der Waals surface area contributed by atoms with Crippen molar-refractivity contribution < 1.29 is 17.9 Å². The molecule has 0 N–H and O–H groups in total. The van der Waals surface area contributed by atoms with Crippen LogP contribution in [0.25, 0.3) is 22.3 Å². The number of hydrogen-bond acceptors (Lipinski definition) is 1. The zero-order chi connectivity index (χ0) is 22.4. The molecule has 0 heterocycles. The molecule has 3 aromatic rings. The van der Waals surface area contributed by atoms with E-state index < -0.39 is 6.36 Å². The summed E-state index contributed by atoms with van der Waals surface area (Å²) in [6, 6.07) is 11.4. The summed E-state index contributed by atoms with van der Waals surface area (Å²) >= 11 is 13.5. The highest BCUT2D eigenvalue weighted by molar-refractivity contribution is 14.1. The molecule has 0 fully saturated rings. The lowest BCUT2D eigenvalue weighted by atomic mass is 9.99. The summed E-state index contributed by atoms with van der Waals surface area (Å²) in [5, 5.41) is 0. The summed E-state index contributed by atoms with van der Waals surface area (Å²) in [6.07, 6.45) is -4.71. The molecular formula is C20H9F3I6O. The number of hydrogen-bond donors (Lipinski definition) is 0. The van der Waals surface area contributed by atoms with Crippen molar-refractivity contribution in [2.45, 2.75) is 13.3 Å². The van der Waals surface area contributed by atoms with E-state index in [1.54, 1.807) is 0 Å². The predicted molar refractivity (Wildman–Crippen MR) is 165 cm³/mol. The minimum atomic E-state index is -4.71. The largest absolute Gasteiger partial charge is 0.573 e. The Morgan fingerprint density at radius 1 is 0.600 bits per heavy atom. The summed E-state index contributed by atoms with van der Waals surface area (Å²) in [6.45, 7) is 2.11. The molecular weight excluding hydrogens is 1070 g/mol. The molecule has 10 heteroatoms. The van der Waals surface area contributed by atoms with Gasteiger partial charge in [-0.3, -0.25) is 0 Å². The van der Waals surface area contributed by atoms with Gasteiger partial charge in [-0.25, -0.2) is 0 Å². The highest BCUT2D eigenvalue weighted by Crippen LogP contribution is 2.40. The van der Waals surface area contributed by atoms with E-state index in [0.29, 0.717) is 7.14 Å². The van der Waals surface area contributed by atoms with Crippen LogP contribution < -0.4 is 4.74 Å². The maximum absolute atomic E-state index is 12.6. The molecule has 0 aliphatic carbocycles. The standard InChI is InChI=1S/C20H9F3I6O/c1-8-12(24)2-9(3-13(8)25)18-14(26)4-10(5-15(18)27)19-16(28)6-11(7-17(19)29)30-20(21,22)23/h2-7H,1H3. The van der Waals surface area contributed by atoms with Gasteiger partial charge in [0.2, 0.25) is 0 Å². The van der Waals surface area contributed by atoms with E-state index in [-0.39, 0.29) is 5.75 Å². The van der Waals surface area contributed by atoms with E-state index >= 15 is 0 Å². The molecule has 0 spiro atoms. The van der Waals surface area contributed by atoms with Crippen molar-refractivity contribution in [2.75, 3.05) is 0 Å². The second kappa shape index (κ2) is 10.5. The first-order valence-corrected chi connectivity index (χ1v) is 14.5. The topological polar surface area (TPSA) is 9.23 Å². The summed E-state index contributed by atoms with van der Waals surface area (Å²) in [5.74, 6) is -0.204.